The van der Waals surface area contributed by atoms with Gasteiger partial charge in [-0.3, -0.25) is 4.79 Å². The van der Waals surface area contributed by atoms with E-state index in [2.05, 4.69) is 20.8 Å². The van der Waals surface area contributed by atoms with Crippen molar-refractivity contribution in [3.05, 3.63) is 70.8 Å². The lowest BCUT2D eigenvalue weighted by molar-refractivity contribution is -0.113. The van der Waals surface area contributed by atoms with Crippen LogP contribution < -0.4 is 9.47 Å². The van der Waals surface area contributed by atoms with Gasteiger partial charge < -0.3 is 9.47 Å². The second-order valence-electron chi connectivity index (χ2n) is 8.69. The maximum atomic E-state index is 13.3. The summed E-state index contributed by atoms with van der Waals surface area (Å²) in [6.07, 6.45) is 5.66. The summed E-state index contributed by atoms with van der Waals surface area (Å²) in [6, 6.07) is 15.7. The zero-order chi connectivity index (χ0) is 21.0. The van der Waals surface area contributed by atoms with Gasteiger partial charge in [0.25, 0.3) is 0 Å². The first-order valence-electron chi connectivity index (χ1n) is 10.0. The molecule has 0 heterocycles. The number of rotatable bonds is 4. The average molecular weight is 391 g/mol. The van der Waals surface area contributed by atoms with Gasteiger partial charge in [0.05, 0.1) is 14.2 Å². The third kappa shape index (κ3) is 5.17. The van der Waals surface area contributed by atoms with Crippen LogP contribution in [0.2, 0.25) is 0 Å². The van der Waals surface area contributed by atoms with Crippen molar-refractivity contribution < 1.29 is 14.3 Å². The van der Waals surface area contributed by atoms with Gasteiger partial charge in [-0.1, -0.05) is 45.0 Å². The Morgan fingerprint density at radius 2 is 1.14 bits per heavy atom. The van der Waals surface area contributed by atoms with Crippen molar-refractivity contribution in [2.45, 2.75) is 33.6 Å². The number of hydrogen-bond donors (Lipinski definition) is 0. The van der Waals surface area contributed by atoms with Gasteiger partial charge in [0.1, 0.15) is 11.5 Å². The van der Waals surface area contributed by atoms with Crippen LogP contribution in [0.3, 0.4) is 0 Å². The highest BCUT2D eigenvalue weighted by molar-refractivity contribution is 6.14. The molecule has 152 valence electrons. The molecule has 1 fully saturated rings. The highest BCUT2D eigenvalue weighted by Gasteiger charge is 2.34. The maximum absolute atomic E-state index is 13.3. The van der Waals surface area contributed by atoms with Crippen molar-refractivity contribution in [3.63, 3.8) is 0 Å². The van der Waals surface area contributed by atoms with Crippen molar-refractivity contribution in [2.24, 2.45) is 11.3 Å². The zero-order valence-corrected chi connectivity index (χ0v) is 18.0. The molecule has 0 amide bonds. The third-order valence-corrected chi connectivity index (χ3v) is 5.65. The summed E-state index contributed by atoms with van der Waals surface area (Å²) in [5.41, 5.74) is 3.92. The Labute approximate surface area is 174 Å². The lowest BCUT2D eigenvalue weighted by Gasteiger charge is -2.35. The van der Waals surface area contributed by atoms with Crippen LogP contribution in [0.15, 0.2) is 59.7 Å². The van der Waals surface area contributed by atoms with E-state index in [1.807, 2.05) is 60.7 Å². The van der Waals surface area contributed by atoms with Crippen LogP contribution >= 0.6 is 0 Å². The van der Waals surface area contributed by atoms with E-state index in [1.54, 1.807) is 14.2 Å². The molecule has 0 spiro atoms. The Morgan fingerprint density at radius 1 is 0.759 bits per heavy atom. The largest absolute Gasteiger partial charge is 0.497 e. The van der Waals surface area contributed by atoms with Gasteiger partial charge >= 0.3 is 0 Å². The fraction of sp³-hybridized carbons (Fsp3) is 0.346. The van der Waals surface area contributed by atoms with Crippen molar-refractivity contribution in [2.75, 3.05) is 14.2 Å². The molecule has 0 atom stereocenters. The van der Waals surface area contributed by atoms with E-state index < -0.39 is 0 Å². The van der Waals surface area contributed by atoms with Crippen LogP contribution in [0.1, 0.15) is 44.7 Å². The SMILES string of the molecule is COc1ccc(C=C2CC(C(C)(C)C)CC(=Cc3ccc(OC)cc3)C2=O)cc1. The minimum atomic E-state index is 0.124. The van der Waals surface area contributed by atoms with Gasteiger partial charge in [-0.15, -0.1) is 0 Å². The molecule has 3 nitrogen and oxygen atoms in total. The summed E-state index contributed by atoms with van der Waals surface area (Å²) in [5, 5.41) is 0. The molecule has 2 aromatic carbocycles. The second-order valence-corrected chi connectivity index (χ2v) is 8.69. The van der Waals surface area contributed by atoms with E-state index in [0.29, 0.717) is 5.92 Å². The molecule has 2 aromatic rings. The number of carbonyl (C=O) groups is 1. The quantitative estimate of drug-likeness (QED) is 0.583. The predicted octanol–water partition coefficient (Wildman–Crippen LogP) is 6.20. The number of allylic oxidation sites excluding steroid dienone is 2. The number of carbonyl (C=O) groups excluding carboxylic acids is 1. The van der Waals surface area contributed by atoms with Crippen LogP contribution in [0.4, 0.5) is 0 Å². The number of benzene rings is 2. The molecule has 0 aromatic heterocycles. The number of methoxy groups -OCH3 is 2. The van der Waals surface area contributed by atoms with E-state index >= 15 is 0 Å². The summed E-state index contributed by atoms with van der Waals surface area (Å²) in [6.45, 7) is 6.76. The van der Waals surface area contributed by atoms with E-state index in [0.717, 1.165) is 46.6 Å². The van der Waals surface area contributed by atoms with Crippen molar-refractivity contribution >= 4 is 17.9 Å². The van der Waals surface area contributed by atoms with Crippen LogP contribution in [-0.2, 0) is 4.79 Å². The van der Waals surface area contributed by atoms with Crippen molar-refractivity contribution in [1.29, 1.82) is 0 Å². The van der Waals surface area contributed by atoms with Crippen molar-refractivity contribution in [1.82, 2.24) is 0 Å². The first-order valence-corrected chi connectivity index (χ1v) is 10.0. The Hall–Kier alpha value is -2.81. The highest BCUT2D eigenvalue weighted by Crippen LogP contribution is 2.42. The monoisotopic (exact) mass is 390 g/mol. The summed E-state index contributed by atoms with van der Waals surface area (Å²) in [5.74, 6) is 2.19. The fourth-order valence-electron chi connectivity index (χ4n) is 3.66. The first kappa shape index (κ1) is 20.9. The summed E-state index contributed by atoms with van der Waals surface area (Å²) in [4.78, 5) is 13.3. The summed E-state index contributed by atoms with van der Waals surface area (Å²) in [7, 11) is 3.31. The summed E-state index contributed by atoms with van der Waals surface area (Å²) < 4.78 is 10.5. The molecule has 0 N–H and O–H groups in total. The predicted molar refractivity (Wildman–Crippen MR) is 119 cm³/mol. The lowest BCUT2D eigenvalue weighted by Crippen LogP contribution is -2.29. The number of Topliss-reactive ketones (excluding diaryl/α,β-unsaturated/α-hetero) is 1. The average Bonchev–Trinajstić information content (AvgIpc) is 2.71. The molecule has 1 saturated carbocycles. The normalized spacial score (nSPS) is 20.2. The Kier molecular flexibility index (Phi) is 6.26. The van der Waals surface area contributed by atoms with E-state index in [1.165, 1.54) is 0 Å². The Balaban J connectivity index is 1.96. The van der Waals surface area contributed by atoms with Gasteiger partial charge in [-0.05, 0) is 71.7 Å². The van der Waals surface area contributed by atoms with E-state index in [4.69, 9.17) is 9.47 Å². The van der Waals surface area contributed by atoms with Crippen LogP contribution in [-0.4, -0.2) is 20.0 Å². The lowest BCUT2D eigenvalue weighted by atomic mass is 9.68. The van der Waals surface area contributed by atoms with Gasteiger partial charge in [0.2, 0.25) is 0 Å². The Bertz CT molecular complexity index is 840. The third-order valence-electron chi connectivity index (χ3n) is 5.65. The molecule has 0 aliphatic heterocycles. The molecular weight excluding hydrogens is 360 g/mol. The number of hydrogen-bond acceptors (Lipinski definition) is 3. The van der Waals surface area contributed by atoms with Gasteiger partial charge in [-0.2, -0.15) is 0 Å². The minimum Gasteiger partial charge on any atom is -0.497 e. The molecule has 0 unspecified atom stereocenters. The first-order chi connectivity index (χ1) is 13.8. The molecule has 0 bridgehead atoms. The van der Waals surface area contributed by atoms with Crippen molar-refractivity contribution in [3.8, 4) is 11.5 Å². The number of ether oxygens (including phenoxy) is 2. The minimum absolute atomic E-state index is 0.124. The molecule has 3 heteroatoms. The van der Waals surface area contributed by atoms with Gasteiger partial charge in [-0.25, -0.2) is 0 Å². The second kappa shape index (κ2) is 8.69. The Morgan fingerprint density at radius 3 is 1.45 bits per heavy atom. The van der Waals surface area contributed by atoms with Crippen LogP contribution in [0.5, 0.6) is 11.5 Å². The van der Waals surface area contributed by atoms with Gasteiger partial charge in [0, 0.05) is 11.1 Å². The molecule has 1 aliphatic carbocycles. The number of ketones is 1. The smallest absolute Gasteiger partial charge is 0.185 e. The topological polar surface area (TPSA) is 35.5 Å². The van der Waals surface area contributed by atoms with E-state index in [-0.39, 0.29) is 11.2 Å². The van der Waals surface area contributed by atoms with E-state index in [9.17, 15) is 4.79 Å². The molecule has 29 heavy (non-hydrogen) atoms. The highest BCUT2D eigenvalue weighted by atomic mass is 16.5. The molecule has 0 radical (unpaired) electrons. The molecule has 1 aliphatic rings. The van der Waals surface area contributed by atoms with Crippen LogP contribution in [0, 0.1) is 11.3 Å². The van der Waals surface area contributed by atoms with Crippen LogP contribution in [0.25, 0.3) is 12.2 Å². The molecular formula is C26H30O3. The summed E-state index contributed by atoms with van der Waals surface area (Å²) >= 11 is 0. The molecule has 3 rings (SSSR count). The fourth-order valence-corrected chi connectivity index (χ4v) is 3.66. The molecule has 0 saturated heterocycles. The zero-order valence-electron chi connectivity index (χ0n) is 18.0. The maximum Gasteiger partial charge on any atom is 0.185 e. The van der Waals surface area contributed by atoms with Gasteiger partial charge in [0.15, 0.2) is 5.78 Å². The standard InChI is InChI=1S/C26H30O3/c1-26(2,3)22-16-20(14-18-6-10-23(28-4)11-7-18)25(27)21(17-22)15-19-8-12-24(29-5)13-9-19/h6-15,22H,16-17H2,1-5H3.